The van der Waals surface area contributed by atoms with Crippen molar-refractivity contribution in [2.75, 3.05) is 13.9 Å². The molecule has 0 saturated heterocycles. The molecule has 0 fully saturated rings. The Morgan fingerprint density at radius 1 is 0.973 bits per heavy atom. The van der Waals surface area contributed by atoms with Crippen molar-refractivity contribution in [2.45, 2.75) is 63.9 Å². The lowest BCUT2D eigenvalue weighted by Crippen LogP contribution is -2.24. The molecule has 3 heterocycles. The predicted molar refractivity (Wildman–Crippen MR) is 134 cm³/mol. The van der Waals surface area contributed by atoms with Crippen LogP contribution < -0.4 is 18.9 Å². The number of hydrogen-bond donors (Lipinski definition) is 0. The molecule has 3 aliphatic heterocycles. The minimum atomic E-state index is -0.517. The van der Waals surface area contributed by atoms with Gasteiger partial charge in [-0.15, -0.1) is 0 Å². The highest BCUT2D eigenvalue weighted by atomic mass is 16.7. The number of fused-ring (bicyclic) bond motifs is 3. The van der Waals surface area contributed by atoms with Gasteiger partial charge in [-0.05, 0) is 61.9 Å². The summed E-state index contributed by atoms with van der Waals surface area (Å²) in [7, 11) is 1.50. The molecule has 37 heavy (non-hydrogen) atoms. The normalized spacial score (nSPS) is 22.7. The lowest BCUT2D eigenvalue weighted by atomic mass is 9.83. The van der Waals surface area contributed by atoms with Gasteiger partial charge in [-0.25, -0.2) is 4.79 Å². The highest BCUT2D eigenvalue weighted by molar-refractivity contribution is 5.99. The molecular weight excluding hydrogens is 476 g/mol. The molecule has 194 valence electrons. The lowest BCUT2D eigenvalue weighted by Gasteiger charge is -2.29. The molecule has 0 spiro atoms. The zero-order chi connectivity index (χ0) is 25.9. The molecule has 2 aromatic carbocycles. The number of ether oxygens (including phenoxy) is 5. The van der Waals surface area contributed by atoms with Crippen molar-refractivity contribution in [2.24, 2.45) is 0 Å². The second kappa shape index (κ2) is 10.7. The highest BCUT2D eigenvalue weighted by Gasteiger charge is 2.36. The van der Waals surface area contributed by atoms with Crippen molar-refractivity contribution in [1.29, 1.82) is 0 Å². The van der Waals surface area contributed by atoms with Crippen molar-refractivity contribution in [3.63, 3.8) is 0 Å². The zero-order valence-electron chi connectivity index (χ0n) is 21.0. The topological polar surface area (TPSA) is 97.4 Å². The van der Waals surface area contributed by atoms with E-state index in [1.165, 1.54) is 7.11 Å². The van der Waals surface area contributed by atoms with Gasteiger partial charge >= 0.3 is 11.9 Å². The summed E-state index contributed by atoms with van der Waals surface area (Å²) < 4.78 is 28.3. The van der Waals surface area contributed by atoms with E-state index >= 15 is 0 Å². The van der Waals surface area contributed by atoms with Crippen molar-refractivity contribution in [3.8, 4) is 23.0 Å². The fourth-order valence-electron chi connectivity index (χ4n) is 5.12. The van der Waals surface area contributed by atoms with Gasteiger partial charge in [0.2, 0.25) is 6.79 Å². The van der Waals surface area contributed by atoms with Crippen LogP contribution in [0.25, 0.3) is 6.08 Å². The molecule has 8 heteroatoms. The Kier molecular flexibility index (Phi) is 7.17. The minimum absolute atomic E-state index is 0.0805. The molecule has 0 saturated carbocycles. The fraction of sp³-hybridized carbons (Fsp3) is 0.414. The summed E-state index contributed by atoms with van der Waals surface area (Å²) in [5.74, 6) is 0.824. The molecule has 0 amide bonds. The third kappa shape index (κ3) is 5.19. The van der Waals surface area contributed by atoms with Crippen molar-refractivity contribution in [3.05, 3.63) is 52.6 Å². The van der Waals surface area contributed by atoms with Gasteiger partial charge in [0.1, 0.15) is 22.8 Å². The van der Waals surface area contributed by atoms with Crippen molar-refractivity contribution < 1.29 is 38.1 Å². The molecule has 2 atom stereocenters. The van der Waals surface area contributed by atoms with Gasteiger partial charge in [0.05, 0.1) is 19.6 Å². The van der Waals surface area contributed by atoms with E-state index in [9.17, 15) is 14.4 Å². The zero-order valence-corrected chi connectivity index (χ0v) is 21.0. The van der Waals surface area contributed by atoms with E-state index in [0.717, 1.165) is 12.0 Å². The van der Waals surface area contributed by atoms with Crippen LogP contribution in [0.3, 0.4) is 0 Å². The Morgan fingerprint density at radius 3 is 2.62 bits per heavy atom. The van der Waals surface area contributed by atoms with Gasteiger partial charge in [0.25, 0.3) is 0 Å². The Hall–Kier alpha value is -3.81. The van der Waals surface area contributed by atoms with Gasteiger partial charge in [-0.2, -0.15) is 0 Å². The van der Waals surface area contributed by atoms with Gasteiger partial charge in [-0.3, -0.25) is 9.59 Å². The van der Waals surface area contributed by atoms with Gasteiger partial charge < -0.3 is 23.7 Å². The number of rotatable bonds is 2. The first-order chi connectivity index (χ1) is 17.9. The van der Waals surface area contributed by atoms with Crippen LogP contribution in [0.15, 0.2) is 30.3 Å². The molecule has 2 aromatic rings. The van der Waals surface area contributed by atoms with Gasteiger partial charge in [0.15, 0.2) is 11.5 Å². The Balaban J connectivity index is 1.62. The summed E-state index contributed by atoms with van der Waals surface area (Å²) in [6.07, 6.45) is 7.10. The maximum Gasteiger partial charge on any atom is 0.342 e. The molecule has 0 N–H and O–H groups in total. The summed E-state index contributed by atoms with van der Waals surface area (Å²) in [6, 6.07) is 7.24. The van der Waals surface area contributed by atoms with Crippen LogP contribution in [0, 0.1) is 0 Å². The lowest BCUT2D eigenvalue weighted by molar-refractivity contribution is -0.135. The average molecular weight is 507 g/mol. The number of ketones is 1. The second-order valence-electron chi connectivity index (χ2n) is 9.57. The number of hydrogen-bond acceptors (Lipinski definition) is 8. The molecule has 5 rings (SSSR count). The van der Waals surface area contributed by atoms with Crippen molar-refractivity contribution >= 4 is 23.8 Å². The van der Waals surface area contributed by atoms with E-state index in [1.807, 2.05) is 31.2 Å². The summed E-state index contributed by atoms with van der Waals surface area (Å²) in [6.45, 7) is 1.97. The van der Waals surface area contributed by atoms with Crippen molar-refractivity contribution in [1.82, 2.24) is 0 Å². The van der Waals surface area contributed by atoms with E-state index < -0.39 is 11.9 Å². The SMILES string of the molecule is COc1c2c(cc3c1[C@H](c1ccc4c(c1)OCO4)CC(=O)O3)/C=C/CCCC(=O)CCC[C@H](C)OC2=O. The molecule has 0 radical (unpaired) electrons. The van der Waals surface area contributed by atoms with Crippen LogP contribution in [0.2, 0.25) is 0 Å². The molecule has 0 aromatic heterocycles. The third-order valence-electron chi connectivity index (χ3n) is 6.96. The third-order valence-corrected chi connectivity index (χ3v) is 6.96. The predicted octanol–water partition coefficient (Wildman–Crippen LogP) is 5.35. The van der Waals surface area contributed by atoms with Crippen LogP contribution in [0.1, 0.15) is 84.8 Å². The van der Waals surface area contributed by atoms with E-state index in [1.54, 1.807) is 12.1 Å². The monoisotopic (exact) mass is 506 g/mol. The Labute approximate surface area is 215 Å². The van der Waals surface area contributed by atoms with E-state index in [-0.39, 0.29) is 31.1 Å². The second-order valence-corrected chi connectivity index (χ2v) is 9.57. The number of cyclic esters (lactones) is 1. The Bertz CT molecular complexity index is 1260. The molecule has 8 nitrogen and oxygen atoms in total. The summed E-state index contributed by atoms with van der Waals surface area (Å²) in [5, 5.41) is 0. The van der Waals surface area contributed by atoms with E-state index in [2.05, 4.69) is 0 Å². The Morgan fingerprint density at radius 2 is 1.78 bits per heavy atom. The maximum absolute atomic E-state index is 13.5. The number of carbonyl (C=O) groups excluding carboxylic acids is 3. The first-order valence-corrected chi connectivity index (χ1v) is 12.7. The largest absolute Gasteiger partial charge is 0.495 e. The first-order valence-electron chi connectivity index (χ1n) is 12.7. The molecule has 3 aliphatic rings. The fourth-order valence-corrected chi connectivity index (χ4v) is 5.12. The minimum Gasteiger partial charge on any atom is -0.495 e. The van der Waals surface area contributed by atoms with Crippen LogP contribution >= 0.6 is 0 Å². The number of Topliss-reactive ketones (excluding diaryl/α,β-unsaturated/α-hetero) is 1. The summed E-state index contributed by atoms with van der Waals surface area (Å²) in [4.78, 5) is 38.3. The number of carbonyl (C=O) groups is 3. The maximum atomic E-state index is 13.5. The number of esters is 2. The standard InChI is InChI=1S/C29H30O8/c1-17-7-6-10-20(30)9-5-3-4-8-19-14-24-27(28(33-2)26(19)29(32)36-17)21(15-25(31)37-24)18-11-12-22-23(13-18)35-16-34-22/h4,8,11-14,17,21H,3,5-7,9-10,15-16H2,1-2H3/b8-4+/t17-,21-/m0/s1. The quantitative estimate of drug-likeness (QED) is 0.397. The van der Waals surface area contributed by atoms with E-state index in [4.69, 9.17) is 23.7 Å². The van der Waals surface area contributed by atoms with E-state index in [0.29, 0.717) is 71.8 Å². The van der Waals surface area contributed by atoms with Crippen LogP contribution in [0.5, 0.6) is 23.0 Å². The van der Waals surface area contributed by atoms with Gasteiger partial charge in [-0.1, -0.05) is 18.2 Å². The molecular formula is C29H30O8. The number of allylic oxidation sites excluding steroid dienone is 1. The molecule has 0 unspecified atom stereocenters. The molecule has 0 bridgehead atoms. The van der Waals surface area contributed by atoms with Crippen LogP contribution in [0.4, 0.5) is 0 Å². The highest BCUT2D eigenvalue weighted by Crippen LogP contribution is 2.49. The molecule has 0 aliphatic carbocycles. The first kappa shape index (κ1) is 24.9. The average Bonchev–Trinajstić information content (AvgIpc) is 3.34. The van der Waals surface area contributed by atoms with Gasteiger partial charge in [0, 0.05) is 24.3 Å². The summed E-state index contributed by atoms with van der Waals surface area (Å²) in [5.41, 5.74) is 2.27. The van der Waals surface area contributed by atoms with Crippen LogP contribution in [-0.4, -0.2) is 37.7 Å². The number of benzene rings is 2. The summed E-state index contributed by atoms with van der Waals surface area (Å²) >= 11 is 0. The smallest absolute Gasteiger partial charge is 0.342 e. The number of methoxy groups -OCH3 is 1. The van der Waals surface area contributed by atoms with Crippen LogP contribution in [-0.2, 0) is 14.3 Å².